The van der Waals surface area contributed by atoms with Gasteiger partial charge < -0.3 is 9.64 Å². The molecule has 0 heterocycles. The predicted octanol–water partition coefficient (Wildman–Crippen LogP) is 4.54. The molecule has 0 aliphatic rings. The van der Waals surface area contributed by atoms with E-state index in [9.17, 15) is 4.79 Å². The van der Waals surface area contributed by atoms with Gasteiger partial charge in [0.15, 0.2) is 6.10 Å². The van der Waals surface area contributed by atoms with Crippen LogP contribution in [0.2, 0.25) is 5.02 Å². The van der Waals surface area contributed by atoms with E-state index in [2.05, 4.69) is 0 Å². The summed E-state index contributed by atoms with van der Waals surface area (Å²) in [7, 11) is 0. The lowest BCUT2D eigenvalue weighted by Crippen LogP contribution is -2.43. The number of hydrogen-bond acceptors (Lipinski definition) is 2. The predicted molar refractivity (Wildman–Crippen MR) is 93.7 cm³/mol. The van der Waals surface area contributed by atoms with Gasteiger partial charge in [-0.3, -0.25) is 4.79 Å². The standard InChI is InChI=1S/C19H22ClNO2/c1-14(2)21(13-16-9-5-4-6-10-16)19(22)15(3)23-18-12-8-7-11-17(18)20/h4-12,14-15H,13H2,1-3H3. The van der Waals surface area contributed by atoms with Crippen LogP contribution in [0, 0.1) is 0 Å². The highest BCUT2D eigenvalue weighted by molar-refractivity contribution is 6.32. The Bertz CT molecular complexity index is 643. The summed E-state index contributed by atoms with van der Waals surface area (Å²) in [6, 6.07) is 17.2. The zero-order chi connectivity index (χ0) is 16.8. The lowest BCUT2D eigenvalue weighted by Gasteiger charge is -2.29. The summed E-state index contributed by atoms with van der Waals surface area (Å²) in [5, 5.41) is 0.506. The molecule has 0 radical (unpaired) electrons. The van der Waals surface area contributed by atoms with Crippen molar-refractivity contribution in [2.24, 2.45) is 0 Å². The van der Waals surface area contributed by atoms with Gasteiger partial charge in [0, 0.05) is 12.6 Å². The zero-order valence-corrected chi connectivity index (χ0v) is 14.5. The first-order valence-electron chi connectivity index (χ1n) is 7.74. The van der Waals surface area contributed by atoms with E-state index < -0.39 is 6.10 Å². The molecule has 23 heavy (non-hydrogen) atoms. The van der Waals surface area contributed by atoms with E-state index in [4.69, 9.17) is 16.3 Å². The minimum Gasteiger partial charge on any atom is -0.479 e. The Morgan fingerprint density at radius 1 is 1.04 bits per heavy atom. The topological polar surface area (TPSA) is 29.5 Å². The van der Waals surface area contributed by atoms with Crippen LogP contribution < -0.4 is 4.74 Å². The summed E-state index contributed by atoms with van der Waals surface area (Å²) in [6.07, 6.45) is -0.596. The third-order valence-corrected chi connectivity index (χ3v) is 3.90. The molecule has 0 aliphatic carbocycles. The van der Waals surface area contributed by atoms with Gasteiger partial charge in [0.05, 0.1) is 5.02 Å². The number of ether oxygens (including phenoxy) is 1. The average molecular weight is 332 g/mol. The van der Waals surface area contributed by atoms with Crippen molar-refractivity contribution >= 4 is 17.5 Å². The lowest BCUT2D eigenvalue weighted by molar-refractivity contribution is -0.140. The second-order valence-corrected chi connectivity index (χ2v) is 6.14. The Morgan fingerprint density at radius 2 is 1.65 bits per heavy atom. The summed E-state index contributed by atoms with van der Waals surface area (Å²) in [6.45, 7) is 6.33. The fourth-order valence-corrected chi connectivity index (χ4v) is 2.49. The molecule has 0 aromatic heterocycles. The summed E-state index contributed by atoms with van der Waals surface area (Å²) in [5.74, 6) is 0.474. The molecule has 0 fully saturated rings. The largest absolute Gasteiger partial charge is 0.479 e. The normalized spacial score (nSPS) is 12.0. The number of para-hydroxylation sites is 1. The Morgan fingerprint density at radius 3 is 2.26 bits per heavy atom. The smallest absolute Gasteiger partial charge is 0.263 e. The first kappa shape index (κ1) is 17.4. The van der Waals surface area contributed by atoms with Crippen LogP contribution in [-0.2, 0) is 11.3 Å². The highest BCUT2D eigenvalue weighted by Gasteiger charge is 2.24. The molecule has 4 heteroatoms. The van der Waals surface area contributed by atoms with Gasteiger partial charge in [-0.2, -0.15) is 0 Å². The van der Waals surface area contributed by atoms with E-state index >= 15 is 0 Å². The molecule has 1 amide bonds. The molecule has 0 saturated heterocycles. The lowest BCUT2D eigenvalue weighted by atomic mass is 10.1. The second-order valence-electron chi connectivity index (χ2n) is 5.74. The maximum atomic E-state index is 12.8. The number of benzene rings is 2. The molecule has 0 N–H and O–H groups in total. The van der Waals surface area contributed by atoms with Crippen molar-refractivity contribution in [2.75, 3.05) is 0 Å². The molecule has 0 spiro atoms. The van der Waals surface area contributed by atoms with Crippen LogP contribution in [0.1, 0.15) is 26.3 Å². The van der Waals surface area contributed by atoms with Crippen molar-refractivity contribution in [1.82, 2.24) is 4.90 Å². The maximum absolute atomic E-state index is 12.8. The number of hydrogen-bond donors (Lipinski definition) is 0. The molecule has 2 aromatic rings. The molecule has 1 unspecified atom stereocenters. The highest BCUT2D eigenvalue weighted by Crippen LogP contribution is 2.25. The van der Waals surface area contributed by atoms with E-state index in [1.54, 1.807) is 19.1 Å². The number of carbonyl (C=O) groups excluding carboxylic acids is 1. The molecule has 2 rings (SSSR count). The summed E-state index contributed by atoms with van der Waals surface area (Å²) >= 11 is 6.09. The number of carbonyl (C=O) groups is 1. The summed E-state index contributed by atoms with van der Waals surface area (Å²) in [4.78, 5) is 14.6. The number of rotatable bonds is 6. The molecule has 1 atom stereocenters. The third kappa shape index (κ3) is 4.73. The minimum atomic E-state index is -0.596. The van der Waals surface area contributed by atoms with Crippen LogP contribution in [0.25, 0.3) is 0 Å². The van der Waals surface area contributed by atoms with Gasteiger partial charge in [-0.1, -0.05) is 54.1 Å². The second kappa shape index (κ2) is 8.02. The van der Waals surface area contributed by atoms with Crippen molar-refractivity contribution in [3.05, 3.63) is 65.2 Å². The van der Waals surface area contributed by atoms with Gasteiger partial charge in [-0.05, 0) is 38.5 Å². The number of nitrogens with zero attached hydrogens (tertiary/aromatic N) is 1. The van der Waals surface area contributed by atoms with E-state index in [-0.39, 0.29) is 11.9 Å². The van der Waals surface area contributed by atoms with Gasteiger partial charge in [-0.15, -0.1) is 0 Å². The average Bonchev–Trinajstić information content (AvgIpc) is 2.54. The van der Waals surface area contributed by atoms with Crippen LogP contribution in [0.4, 0.5) is 0 Å². The molecule has 0 saturated carbocycles. The van der Waals surface area contributed by atoms with Crippen LogP contribution in [-0.4, -0.2) is 23.0 Å². The Kier molecular flexibility index (Phi) is 6.05. The molecule has 0 aliphatic heterocycles. The quantitative estimate of drug-likeness (QED) is 0.777. The maximum Gasteiger partial charge on any atom is 0.263 e. The number of amides is 1. The van der Waals surface area contributed by atoms with Crippen LogP contribution >= 0.6 is 11.6 Å². The minimum absolute atomic E-state index is 0.0521. The Hall–Kier alpha value is -2.00. The van der Waals surface area contributed by atoms with Crippen molar-refractivity contribution in [1.29, 1.82) is 0 Å². The van der Waals surface area contributed by atoms with E-state index in [1.165, 1.54) is 0 Å². The van der Waals surface area contributed by atoms with E-state index in [0.717, 1.165) is 5.56 Å². The van der Waals surface area contributed by atoms with E-state index in [1.807, 2.05) is 61.2 Å². The monoisotopic (exact) mass is 331 g/mol. The molecule has 3 nitrogen and oxygen atoms in total. The Balaban J connectivity index is 2.09. The fourth-order valence-electron chi connectivity index (χ4n) is 2.31. The first-order valence-corrected chi connectivity index (χ1v) is 8.12. The van der Waals surface area contributed by atoms with Gasteiger partial charge >= 0.3 is 0 Å². The van der Waals surface area contributed by atoms with Crippen LogP contribution in [0.5, 0.6) is 5.75 Å². The van der Waals surface area contributed by atoms with Crippen molar-refractivity contribution < 1.29 is 9.53 Å². The summed E-state index contributed by atoms with van der Waals surface area (Å²) in [5.41, 5.74) is 1.10. The molecule has 122 valence electrons. The van der Waals surface area contributed by atoms with Crippen molar-refractivity contribution in [3.8, 4) is 5.75 Å². The zero-order valence-electron chi connectivity index (χ0n) is 13.7. The van der Waals surface area contributed by atoms with Crippen molar-refractivity contribution in [3.63, 3.8) is 0 Å². The molecular weight excluding hydrogens is 310 g/mol. The SMILES string of the molecule is CC(Oc1ccccc1Cl)C(=O)N(Cc1ccccc1)C(C)C. The van der Waals surface area contributed by atoms with Gasteiger partial charge in [0.2, 0.25) is 0 Å². The van der Waals surface area contributed by atoms with Gasteiger partial charge in [0.1, 0.15) is 5.75 Å². The van der Waals surface area contributed by atoms with E-state index in [0.29, 0.717) is 17.3 Å². The third-order valence-electron chi connectivity index (χ3n) is 3.59. The molecular formula is C19H22ClNO2. The highest BCUT2D eigenvalue weighted by atomic mass is 35.5. The first-order chi connectivity index (χ1) is 11.0. The summed E-state index contributed by atoms with van der Waals surface area (Å²) < 4.78 is 5.75. The van der Waals surface area contributed by atoms with Gasteiger partial charge in [0.25, 0.3) is 5.91 Å². The molecule has 2 aromatic carbocycles. The Labute approximate surface area is 142 Å². The van der Waals surface area contributed by atoms with Crippen LogP contribution in [0.15, 0.2) is 54.6 Å². The molecule has 0 bridgehead atoms. The fraction of sp³-hybridized carbons (Fsp3) is 0.316. The van der Waals surface area contributed by atoms with Crippen LogP contribution in [0.3, 0.4) is 0 Å². The van der Waals surface area contributed by atoms with Gasteiger partial charge in [-0.25, -0.2) is 0 Å². The number of halogens is 1. The van der Waals surface area contributed by atoms with Crippen molar-refractivity contribution in [2.45, 2.75) is 39.5 Å².